The maximum Gasteiger partial charge on any atom is 0.333 e. The normalized spacial score (nSPS) is 10.5. The van der Waals surface area contributed by atoms with Crippen LogP contribution in [0.3, 0.4) is 0 Å². The van der Waals surface area contributed by atoms with Crippen molar-refractivity contribution in [2.45, 2.75) is 6.55 Å². The Hall–Kier alpha value is -2.24. The molecule has 1 heterocycles. The van der Waals surface area contributed by atoms with E-state index in [1.54, 1.807) is 30.3 Å². The van der Waals surface area contributed by atoms with Crippen LogP contribution in [0.1, 0.15) is 17.0 Å². The summed E-state index contributed by atoms with van der Waals surface area (Å²) in [5.74, 6) is -0.518. The van der Waals surface area contributed by atoms with E-state index in [0.29, 0.717) is 10.4 Å². The molecule has 88 valence electrons. The van der Waals surface area contributed by atoms with E-state index in [-0.39, 0.29) is 5.69 Å². The monoisotopic (exact) mass is 237 g/mol. The molecule has 0 fully saturated rings. The van der Waals surface area contributed by atoms with Gasteiger partial charge in [-0.05, 0) is 18.2 Å². The van der Waals surface area contributed by atoms with E-state index < -0.39 is 12.5 Å². The van der Waals surface area contributed by atoms with Crippen molar-refractivity contribution in [3.05, 3.63) is 48.3 Å². The summed E-state index contributed by atoms with van der Waals surface area (Å²) in [6.45, 7) is -2.74. The molecule has 2 rings (SSSR count). The van der Waals surface area contributed by atoms with Crippen LogP contribution in [0.2, 0.25) is 0 Å². The number of carbonyl (C=O) groups excluding carboxylic acids is 1. The van der Waals surface area contributed by atoms with Crippen LogP contribution >= 0.6 is 0 Å². The minimum atomic E-state index is -2.74. The SMILES string of the molecule is O=C(Nc1ccccc1)c1ccn(C(F)F)n1. The van der Waals surface area contributed by atoms with Crippen molar-refractivity contribution < 1.29 is 13.6 Å². The van der Waals surface area contributed by atoms with Crippen LogP contribution in [0.4, 0.5) is 14.5 Å². The second-order valence-electron chi connectivity index (χ2n) is 3.28. The van der Waals surface area contributed by atoms with Gasteiger partial charge in [-0.2, -0.15) is 13.9 Å². The highest BCUT2D eigenvalue weighted by atomic mass is 19.3. The van der Waals surface area contributed by atoms with Crippen molar-refractivity contribution in [1.29, 1.82) is 0 Å². The molecule has 1 amide bonds. The molecule has 0 saturated heterocycles. The van der Waals surface area contributed by atoms with Gasteiger partial charge in [0, 0.05) is 11.9 Å². The highest BCUT2D eigenvalue weighted by Gasteiger charge is 2.13. The summed E-state index contributed by atoms with van der Waals surface area (Å²) in [6, 6.07) is 9.95. The van der Waals surface area contributed by atoms with Gasteiger partial charge < -0.3 is 5.32 Å². The van der Waals surface area contributed by atoms with Gasteiger partial charge >= 0.3 is 6.55 Å². The van der Waals surface area contributed by atoms with Crippen molar-refractivity contribution in [3.8, 4) is 0 Å². The highest BCUT2D eigenvalue weighted by Crippen LogP contribution is 2.11. The van der Waals surface area contributed by atoms with Gasteiger partial charge in [0.05, 0.1) is 0 Å². The first-order valence-corrected chi connectivity index (χ1v) is 4.86. The lowest BCUT2D eigenvalue weighted by molar-refractivity contribution is 0.0561. The summed E-state index contributed by atoms with van der Waals surface area (Å²) in [5.41, 5.74) is 0.540. The number of hydrogen-bond donors (Lipinski definition) is 1. The number of para-hydroxylation sites is 1. The molecule has 17 heavy (non-hydrogen) atoms. The standard InChI is InChI=1S/C11H9F2N3O/c12-11(13)16-7-6-9(15-16)10(17)14-8-4-2-1-3-5-8/h1-7,11H,(H,14,17). The molecular weight excluding hydrogens is 228 g/mol. The van der Waals surface area contributed by atoms with Crippen molar-refractivity contribution in [2.24, 2.45) is 0 Å². The summed E-state index contributed by atoms with van der Waals surface area (Å²) < 4.78 is 24.9. The number of anilines is 1. The summed E-state index contributed by atoms with van der Waals surface area (Å²) in [7, 11) is 0. The van der Waals surface area contributed by atoms with Crippen LogP contribution < -0.4 is 5.32 Å². The fraction of sp³-hybridized carbons (Fsp3) is 0.0909. The first-order valence-electron chi connectivity index (χ1n) is 4.86. The van der Waals surface area contributed by atoms with Gasteiger partial charge in [0.2, 0.25) is 0 Å². The van der Waals surface area contributed by atoms with E-state index in [2.05, 4.69) is 10.4 Å². The zero-order valence-electron chi connectivity index (χ0n) is 8.68. The number of benzene rings is 1. The third-order valence-electron chi connectivity index (χ3n) is 2.07. The molecule has 6 heteroatoms. The largest absolute Gasteiger partial charge is 0.333 e. The number of halogens is 2. The number of rotatable bonds is 3. The van der Waals surface area contributed by atoms with Crippen molar-refractivity contribution in [3.63, 3.8) is 0 Å². The average molecular weight is 237 g/mol. The van der Waals surface area contributed by atoms with E-state index in [1.165, 1.54) is 6.07 Å². The van der Waals surface area contributed by atoms with Crippen LogP contribution in [-0.2, 0) is 0 Å². The number of nitrogens with zero attached hydrogens (tertiary/aromatic N) is 2. The maximum absolute atomic E-state index is 12.2. The van der Waals surface area contributed by atoms with Crippen LogP contribution in [0.25, 0.3) is 0 Å². The van der Waals surface area contributed by atoms with Gasteiger partial charge in [-0.25, -0.2) is 4.68 Å². The molecule has 0 saturated carbocycles. The van der Waals surface area contributed by atoms with E-state index in [4.69, 9.17) is 0 Å². The van der Waals surface area contributed by atoms with Gasteiger partial charge in [0.25, 0.3) is 5.91 Å². The molecule has 1 aromatic heterocycles. The number of hydrogen-bond acceptors (Lipinski definition) is 2. The molecule has 0 bridgehead atoms. The summed E-state index contributed by atoms with van der Waals surface area (Å²) in [5, 5.41) is 6.01. The van der Waals surface area contributed by atoms with E-state index in [9.17, 15) is 13.6 Å². The molecule has 0 unspecified atom stereocenters. The van der Waals surface area contributed by atoms with Gasteiger partial charge in [-0.1, -0.05) is 18.2 Å². The lowest BCUT2D eigenvalue weighted by Gasteiger charge is -2.02. The number of amides is 1. The molecular formula is C11H9F2N3O. The van der Waals surface area contributed by atoms with E-state index >= 15 is 0 Å². The number of aromatic nitrogens is 2. The predicted molar refractivity (Wildman–Crippen MR) is 57.9 cm³/mol. The first kappa shape index (κ1) is 11.3. The smallest absolute Gasteiger partial charge is 0.321 e. The Morgan fingerprint density at radius 1 is 1.24 bits per heavy atom. The van der Waals surface area contributed by atoms with E-state index in [0.717, 1.165) is 6.20 Å². The van der Waals surface area contributed by atoms with Gasteiger partial charge in [0.1, 0.15) is 0 Å². The molecule has 4 nitrogen and oxygen atoms in total. The second-order valence-corrected chi connectivity index (χ2v) is 3.28. The topological polar surface area (TPSA) is 46.9 Å². The van der Waals surface area contributed by atoms with Crippen LogP contribution in [-0.4, -0.2) is 15.7 Å². The van der Waals surface area contributed by atoms with Crippen molar-refractivity contribution in [1.82, 2.24) is 9.78 Å². The van der Waals surface area contributed by atoms with Crippen LogP contribution in [0.15, 0.2) is 42.6 Å². The summed E-state index contributed by atoms with van der Waals surface area (Å²) in [4.78, 5) is 11.6. The molecule has 0 aliphatic heterocycles. The van der Waals surface area contributed by atoms with Crippen LogP contribution in [0, 0.1) is 0 Å². The Morgan fingerprint density at radius 2 is 1.94 bits per heavy atom. The van der Waals surface area contributed by atoms with Crippen molar-refractivity contribution in [2.75, 3.05) is 5.32 Å². The molecule has 2 aromatic rings. The Balaban J connectivity index is 2.10. The molecule has 0 aliphatic carbocycles. The minimum absolute atomic E-state index is 0.0471. The molecule has 0 aliphatic rings. The molecule has 0 atom stereocenters. The van der Waals surface area contributed by atoms with Crippen LogP contribution in [0.5, 0.6) is 0 Å². The fourth-order valence-corrected chi connectivity index (χ4v) is 1.28. The molecule has 0 radical (unpaired) electrons. The van der Waals surface area contributed by atoms with Gasteiger partial charge in [-0.3, -0.25) is 4.79 Å². The second kappa shape index (κ2) is 4.73. The Kier molecular flexibility index (Phi) is 3.13. The average Bonchev–Trinajstić information content (AvgIpc) is 2.79. The zero-order chi connectivity index (χ0) is 12.3. The quantitative estimate of drug-likeness (QED) is 0.891. The minimum Gasteiger partial charge on any atom is -0.321 e. The number of carbonyl (C=O) groups is 1. The number of alkyl halides is 2. The lowest BCUT2D eigenvalue weighted by Crippen LogP contribution is -2.13. The molecule has 1 N–H and O–H groups in total. The fourth-order valence-electron chi connectivity index (χ4n) is 1.28. The first-order chi connectivity index (χ1) is 8.16. The predicted octanol–water partition coefficient (Wildman–Crippen LogP) is 2.53. The summed E-state index contributed by atoms with van der Waals surface area (Å²) >= 11 is 0. The zero-order valence-corrected chi connectivity index (χ0v) is 8.68. The van der Waals surface area contributed by atoms with Crippen molar-refractivity contribution >= 4 is 11.6 Å². The summed E-state index contributed by atoms with van der Waals surface area (Å²) in [6.07, 6.45) is 1.06. The molecule has 0 spiro atoms. The lowest BCUT2D eigenvalue weighted by atomic mass is 10.3. The van der Waals surface area contributed by atoms with Gasteiger partial charge in [-0.15, -0.1) is 0 Å². The third kappa shape index (κ3) is 2.66. The Labute approximate surface area is 95.9 Å². The number of nitrogens with one attached hydrogen (secondary N) is 1. The molecule has 1 aromatic carbocycles. The van der Waals surface area contributed by atoms with Gasteiger partial charge in [0.15, 0.2) is 5.69 Å². The third-order valence-corrected chi connectivity index (χ3v) is 2.07. The maximum atomic E-state index is 12.2. The Bertz CT molecular complexity index is 510. The van der Waals surface area contributed by atoms with E-state index in [1.807, 2.05) is 0 Å². The Morgan fingerprint density at radius 3 is 2.53 bits per heavy atom. The highest BCUT2D eigenvalue weighted by molar-refractivity contribution is 6.02.